The SMILES string of the molecule is CN1CCN(CC(=O)N2Cc3ccc(N/C(=C4\C(=O)Nc5cc(C(=O)O)ccc54)c4ccc(F)cc4)cc3C2)CC1. The summed E-state index contributed by atoms with van der Waals surface area (Å²) in [5, 5.41) is 15.5. The molecule has 10 heteroatoms. The Hall–Kier alpha value is -4.54. The van der Waals surface area contributed by atoms with Gasteiger partial charge in [0.05, 0.1) is 29.1 Å². The number of carbonyl (C=O) groups is 3. The number of piperazine rings is 1. The Balaban J connectivity index is 1.28. The van der Waals surface area contributed by atoms with E-state index in [0.717, 1.165) is 37.3 Å². The molecule has 2 amide bonds. The van der Waals surface area contributed by atoms with E-state index in [1.165, 1.54) is 24.3 Å². The molecule has 3 aliphatic rings. The predicted molar refractivity (Wildman–Crippen MR) is 154 cm³/mol. The second kappa shape index (κ2) is 10.8. The van der Waals surface area contributed by atoms with Gasteiger partial charge in [-0.1, -0.05) is 12.1 Å². The highest BCUT2D eigenvalue weighted by molar-refractivity contribution is 6.37. The smallest absolute Gasteiger partial charge is 0.335 e. The first-order chi connectivity index (χ1) is 19.7. The van der Waals surface area contributed by atoms with Crippen LogP contribution >= 0.6 is 0 Å². The number of rotatable bonds is 6. The molecule has 3 aromatic rings. The first kappa shape index (κ1) is 26.7. The average molecular weight is 556 g/mol. The lowest BCUT2D eigenvalue weighted by atomic mass is 9.98. The number of nitrogens with one attached hydrogen (secondary N) is 2. The first-order valence-electron chi connectivity index (χ1n) is 13.5. The number of likely N-dealkylation sites (N-methyl/N-ethyl adjacent to an activating group) is 1. The van der Waals surface area contributed by atoms with Gasteiger partial charge >= 0.3 is 5.97 Å². The van der Waals surface area contributed by atoms with Crippen molar-refractivity contribution < 1.29 is 23.9 Å². The number of carboxylic acids is 1. The largest absolute Gasteiger partial charge is 0.478 e. The Labute approximate surface area is 236 Å². The standard InChI is InChI=1S/C31H30FN5O4/c1-35-10-12-36(13-11-35)18-27(38)37-16-21-4-8-24(14-22(21)17-37)33-29(19-2-6-23(32)7-3-19)28-25-9-5-20(31(40)41)15-26(25)34-30(28)39/h2-9,14-15,33H,10-13,16-18H2,1H3,(H,34,39)(H,40,41)/b29-28-. The fourth-order valence-corrected chi connectivity index (χ4v) is 5.54. The molecule has 0 aliphatic carbocycles. The number of hydrogen-bond acceptors (Lipinski definition) is 6. The van der Waals surface area contributed by atoms with Crippen molar-refractivity contribution in [3.63, 3.8) is 0 Å². The summed E-state index contributed by atoms with van der Waals surface area (Å²) >= 11 is 0. The fourth-order valence-electron chi connectivity index (χ4n) is 5.54. The van der Waals surface area contributed by atoms with E-state index in [9.17, 15) is 23.9 Å². The zero-order valence-corrected chi connectivity index (χ0v) is 22.6. The number of amides is 2. The molecule has 0 radical (unpaired) electrons. The van der Waals surface area contributed by atoms with Gasteiger partial charge < -0.3 is 25.5 Å². The number of aromatic carboxylic acids is 1. The van der Waals surface area contributed by atoms with Crippen LogP contribution in [0.3, 0.4) is 0 Å². The number of carboxylic acid groups (broad SMARTS) is 1. The number of anilines is 2. The lowest BCUT2D eigenvalue weighted by Gasteiger charge is -2.32. The van der Waals surface area contributed by atoms with Crippen LogP contribution in [0.25, 0.3) is 11.3 Å². The minimum absolute atomic E-state index is 0.0620. The summed E-state index contributed by atoms with van der Waals surface area (Å²) in [6.45, 7) is 5.14. The van der Waals surface area contributed by atoms with Gasteiger partial charge in [0, 0.05) is 50.5 Å². The molecule has 3 aromatic carbocycles. The number of fused-ring (bicyclic) bond motifs is 2. The fraction of sp³-hybridized carbons (Fsp3) is 0.258. The Bertz CT molecular complexity index is 1580. The van der Waals surface area contributed by atoms with Gasteiger partial charge in [0.2, 0.25) is 5.91 Å². The van der Waals surface area contributed by atoms with E-state index in [1.807, 2.05) is 23.1 Å². The molecule has 3 heterocycles. The second-order valence-corrected chi connectivity index (χ2v) is 10.7. The summed E-state index contributed by atoms with van der Waals surface area (Å²) in [6.07, 6.45) is 0. The van der Waals surface area contributed by atoms with E-state index in [1.54, 1.807) is 18.2 Å². The molecular weight excluding hydrogens is 525 g/mol. The number of hydrogen-bond donors (Lipinski definition) is 3. The maximum atomic E-state index is 13.8. The highest BCUT2D eigenvalue weighted by atomic mass is 19.1. The molecule has 3 aliphatic heterocycles. The third kappa shape index (κ3) is 5.44. The summed E-state index contributed by atoms with van der Waals surface area (Å²) in [4.78, 5) is 44.0. The van der Waals surface area contributed by atoms with Gasteiger partial charge in [-0.05, 0) is 72.3 Å². The number of carbonyl (C=O) groups excluding carboxylic acids is 2. The molecule has 1 saturated heterocycles. The lowest BCUT2D eigenvalue weighted by Crippen LogP contribution is -2.48. The van der Waals surface area contributed by atoms with Crippen LogP contribution in [-0.4, -0.2) is 77.4 Å². The average Bonchev–Trinajstić information content (AvgIpc) is 3.53. The minimum atomic E-state index is -1.09. The topological polar surface area (TPSA) is 105 Å². The third-order valence-corrected chi connectivity index (χ3v) is 7.90. The minimum Gasteiger partial charge on any atom is -0.478 e. The summed E-state index contributed by atoms with van der Waals surface area (Å²) in [5.41, 5.74) is 5.20. The molecule has 0 atom stereocenters. The zero-order valence-electron chi connectivity index (χ0n) is 22.6. The van der Waals surface area contributed by atoms with Gasteiger partial charge in [0.15, 0.2) is 0 Å². The monoisotopic (exact) mass is 555 g/mol. The van der Waals surface area contributed by atoms with Crippen molar-refractivity contribution in [2.75, 3.05) is 50.4 Å². The van der Waals surface area contributed by atoms with Crippen LogP contribution in [0.1, 0.15) is 32.6 Å². The quantitative estimate of drug-likeness (QED) is 0.400. The Kier molecular flexibility index (Phi) is 7.02. The molecule has 0 bridgehead atoms. The second-order valence-electron chi connectivity index (χ2n) is 10.7. The van der Waals surface area contributed by atoms with Crippen molar-refractivity contribution in [1.29, 1.82) is 0 Å². The summed E-state index contributed by atoms with van der Waals surface area (Å²) < 4.78 is 13.8. The molecule has 0 aromatic heterocycles. The van der Waals surface area contributed by atoms with E-state index in [0.29, 0.717) is 53.4 Å². The van der Waals surface area contributed by atoms with Crippen LogP contribution in [0.5, 0.6) is 0 Å². The van der Waals surface area contributed by atoms with Crippen LogP contribution < -0.4 is 10.6 Å². The van der Waals surface area contributed by atoms with Crippen LogP contribution in [0.2, 0.25) is 0 Å². The van der Waals surface area contributed by atoms with E-state index in [2.05, 4.69) is 27.5 Å². The summed E-state index contributed by atoms with van der Waals surface area (Å²) in [5.74, 6) is -1.78. The van der Waals surface area contributed by atoms with Crippen LogP contribution in [0.15, 0.2) is 60.7 Å². The Morgan fingerprint density at radius 3 is 2.37 bits per heavy atom. The molecule has 0 saturated carbocycles. The summed E-state index contributed by atoms with van der Waals surface area (Å²) in [7, 11) is 2.09. The van der Waals surface area contributed by atoms with E-state index in [4.69, 9.17) is 0 Å². The molecule has 6 rings (SSSR count). The number of nitrogens with zero attached hydrogens (tertiary/aromatic N) is 3. The van der Waals surface area contributed by atoms with Gasteiger partial charge in [0.1, 0.15) is 5.82 Å². The van der Waals surface area contributed by atoms with Crippen molar-refractivity contribution >= 4 is 40.4 Å². The van der Waals surface area contributed by atoms with Crippen LogP contribution in [-0.2, 0) is 22.7 Å². The molecule has 41 heavy (non-hydrogen) atoms. The normalized spacial score (nSPS) is 18.1. The molecule has 1 fully saturated rings. The molecule has 210 valence electrons. The highest BCUT2D eigenvalue weighted by Gasteiger charge is 2.30. The van der Waals surface area contributed by atoms with Gasteiger partial charge in [-0.15, -0.1) is 0 Å². The van der Waals surface area contributed by atoms with Crippen molar-refractivity contribution in [1.82, 2.24) is 14.7 Å². The van der Waals surface area contributed by atoms with Crippen molar-refractivity contribution in [3.05, 3.63) is 94.3 Å². The van der Waals surface area contributed by atoms with Gasteiger partial charge in [0.25, 0.3) is 5.91 Å². The zero-order chi connectivity index (χ0) is 28.7. The van der Waals surface area contributed by atoms with Gasteiger partial charge in [-0.25, -0.2) is 9.18 Å². The predicted octanol–water partition coefficient (Wildman–Crippen LogP) is 3.55. The van der Waals surface area contributed by atoms with Crippen molar-refractivity contribution in [2.45, 2.75) is 13.1 Å². The van der Waals surface area contributed by atoms with Gasteiger partial charge in [-0.3, -0.25) is 14.5 Å². The Morgan fingerprint density at radius 2 is 1.63 bits per heavy atom. The van der Waals surface area contributed by atoms with Crippen molar-refractivity contribution in [2.24, 2.45) is 0 Å². The highest BCUT2D eigenvalue weighted by Crippen LogP contribution is 2.38. The maximum absolute atomic E-state index is 13.8. The van der Waals surface area contributed by atoms with E-state index < -0.39 is 17.7 Å². The van der Waals surface area contributed by atoms with E-state index in [-0.39, 0.29) is 11.5 Å². The van der Waals surface area contributed by atoms with Crippen LogP contribution in [0, 0.1) is 5.82 Å². The number of benzene rings is 3. The van der Waals surface area contributed by atoms with E-state index >= 15 is 0 Å². The molecule has 0 spiro atoms. The van der Waals surface area contributed by atoms with Crippen molar-refractivity contribution in [3.8, 4) is 0 Å². The maximum Gasteiger partial charge on any atom is 0.335 e. The first-order valence-corrected chi connectivity index (χ1v) is 13.5. The summed E-state index contributed by atoms with van der Waals surface area (Å²) in [6, 6.07) is 16.2. The third-order valence-electron chi connectivity index (χ3n) is 7.90. The van der Waals surface area contributed by atoms with Crippen LogP contribution in [0.4, 0.5) is 15.8 Å². The molecule has 3 N–H and O–H groups in total. The number of halogens is 1. The molecule has 9 nitrogen and oxygen atoms in total. The van der Waals surface area contributed by atoms with Gasteiger partial charge in [-0.2, -0.15) is 0 Å². The molecular formula is C31H30FN5O4. The Morgan fingerprint density at radius 1 is 0.927 bits per heavy atom. The molecule has 0 unspecified atom stereocenters. The lowest BCUT2D eigenvalue weighted by molar-refractivity contribution is -0.133.